The van der Waals surface area contributed by atoms with Crippen LogP contribution in [0, 0.1) is 0 Å². The zero-order chi connectivity index (χ0) is 6.04. The largest absolute Gasteiger partial charge is 0.324 e. The molecule has 47 valence electrons. The third-order valence-corrected chi connectivity index (χ3v) is 3.75. The Morgan fingerprint density at radius 2 is 1.88 bits per heavy atom. The molecule has 0 unspecified atom stereocenters. The molecule has 3 heteroatoms. The second kappa shape index (κ2) is 2.20. The fraction of sp³-hybridized carbons (Fsp3) is 1.00. The van der Waals surface area contributed by atoms with Crippen LogP contribution in [0.2, 0.25) is 0 Å². The van der Waals surface area contributed by atoms with Crippen LogP contribution in [0.3, 0.4) is 0 Å². The first-order valence-electron chi connectivity index (χ1n) is 2.89. The van der Waals surface area contributed by atoms with Crippen LogP contribution >= 0.6 is 7.14 Å². The monoisotopic (exact) mass is 132 g/mol. The lowest BCUT2D eigenvalue weighted by Gasteiger charge is -2.17. The molecule has 0 atom stereocenters. The highest BCUT2D eigenvalue weighted by atomic mass is 31.2. The smallest absolute Gasteiger partial charge is 0.0874 e. The summed E-state index contributed by atoms with van der Waals surface area (Å²) in [6.07, 6.45) is 1.68. The lowest BCUT2D eigenvalue weighted by molar-refractivity contribution is 0.564. The van der Waals surface area contributed by atoms with Crippen LogP contribution in [0.25, 0.3) is 0 Å². The summed E-state index contributed by atoms with van der Waals surface area (Å²) in [4.78, 5) is 0. The zero-order valence-electron chi connectivity index (χ0n) is 5.13. The van der Waals surface area contributed by atoms with E-state index in [1.54, 1.807) is 0 Å². The molecule has 0 amide bonds. The van der Waals surface area contributed by atoms with Gasteiger partial charge < -0.3 is 4.57 Å². The van der Waals surface area contributed by atoms with Gasteiger partial charge in [0.15, 0.2) is 0 Å². The molecule has 1 aliphatic rings. The second-order valence-electron chi connectivity index (χ2n) is 2.41. The van der Waals surface area contributed by atoms with Gasteiger partial charge in [-0.2, -0.15) is 0 Å². The van der Waals surface area contributed by atoms with E-state index in [0.29, 0.717) is 0 Å². The van der Waals surface area contributed by atoms with E-state index < -0.39 is 7.14 Å². The zero-order valence-corrected chi connectivity index (χ0v) is 6.03. The summed E-state index contributed by atoms with van der Waals surface area (Å²) in [5.74, 6) is 0. The van der Waals surface area contributed by atoms with Gasteiger partial charge >= 0.3 is 0 Å². The fourth-order valence-corrected chi connectivity index (χ4v) is 2.14. The van der Waals surface area contributed by atoms with Gasteiger partial charge in [0.1, 0.15) is 0 Å². The van der Waals surface area contributed by atoms with E-state index in [1.807, 2.05) is 6.66 Å². The third-order valence-electron chi connectivity index (χ3n) is 1.46. The maximum Gasteiger partial charge on any atom is 0.0874 e. The minimum Gasteiger partial charge on any atom is -0.324 e. The van der Waals surface area contributed by atoms with Crippen LogP contribution in [0.15, 0.2) is 0 Å². The van der Waals surface area contributed by atoms with Gasteiger partial charge in [-0.15, -0.1) is 0 Å². The third kappa shape index (κ3) is 1.61. The average Bonchev–Trinajstić information content (AvgIpc) is 1.65. The lowest BCUT2D eigenvalue weighted by atomic mass is 10.6. The van der Waals surface area contributed by atoms with Gasteiger partial charge in [0.05, 0.1) is 7.14 Å². The summed E-state index contributed by atoms with van der Waals surface area (Å²) in [6.45, 7) is 3.53. The maximum atomic E-state index is 11.2. The molecule has 0 aromatic rings. The number of rotatable bonds is 0. The maximum absolute atomic E-state index is 11.2. The van der Waals surface area contributed by atoms with Gasteiger partial charge in [0, 0.05) is 25.4 Å². The van der Waals surface area contributed by atoms with Crippen LogP contribution in [0.1, 0.15) is 0 Å². The molecule has 1 saturated heterocycles. The number of nitrogens with zero attached hydrogens (tertiary/aromatic N) is 1. The Kier molecular flexibility index (Phi) is 1.74. The topological polar surface area (TPSA) is 31.2 Å². The normalized spacial score (nSPS) is 27.6. The molecule has 1 radical (unpaired) electrons. The predicted molar refractivity (Wildman–Crippen MR) is 35.1 cm³/mol. The Morgan fingerprint density at radius 1 is 1.38 bits per heavy atom. The first kappa shape index (κ1) is 6.31. The van der Waals surface area contributed by atoms with Crippen molar-refractivity contribution in [2.75, 3.05) is 32.1 Å². The molecular weight excluding hydrogens is 121 g/mol. The molecular formula is C5H11NOP. The molecule has 0 bridgehead atoms. The molecule has 8 heavy (non-hydrogen) atoms. The van der Waals surface area contributed by atoms with Crippen LogP contribution in [0.4, 0.5) is 0 Å². The summed E-state index contributed by atoms with van der Waals surface area (Å²) in [7, 11) is -1.68. The summed E-state index contributed by atoms with van der Waals surface area (Å²) in [6, 6.07) is 0. The molecule has 2 nitrogen and oxygen atoms in total. The Labute approximate surface area is 50.0 Å². The van der Waals surface area contributed by atoms with Crippen molar-refractivity contribution in [3.63, 3.8) is 0 Å². The van der Waals surface area contributed by atoms with Gasteiger partial charge in [-0.25, -0.2) is 5.32 Å². The van der Waals surface area contributed by atoms with Crippen molar-refractivity contribution in [3.05, 3.63) is 0 Å². The molecule has 0 spiro atoms. The summed E-state index contributed by atoms with van der Waals surface area (Å²) in [5, 5.41) is 4.10. The van der Waals surface area contributed by atoms with Crippen LogP contribution in [-0.4, -0.2) is 32.1 Å². The molecule has 0 saturated carbocycles. The van der Waals surface area contributed by atoms with Crippen molar-refractivity contribution >= 4 is 7.14 Å². The second-order valence-corrected chi connectivity index (χ2v) is 5.90. The first-order valence-corrected chi connectivity index (χ1v) is 5.42. The highest BCUT2D eigenvalue weighted by Crippen LogP contribution is 2.41. The van der Waals surface area contributed by atoms with Gasteiger partial charge in [-0.1, -0.05) is 0 Å². The van der Waals surface area contributed by atoms with E-state index in [-0.39, 0.29) is 0 Å². The number of hydrogen-bond acceptors (Lipinski definition) is 1. The van der Waals surface area contributed by atoms with Gasteiger partial charge in [0.25, 0.3) is 0 Å². The van der Waals surface area contributed by atoms with E-state index in [9.17, 15) is 4.57 Å². The van der Waals surface area contributed by atoms with Crippen LogP contribution in [-0.2, 0) is 4.57 Å². The van der Waals surface area contributed by atoms with Crippen molar-refractivity contribution < 1.29 is 4.57 Å². The molecule has 1 heterocycles. The van der Waals surface area contributed by atoms with Gasteiger partial charge in [-0.3, -0.25) is 0 Å². The SMILES string of the molecule is CP1(=O)CC[N]CC1. The van der Waals surface area contributed by atoms with Crippen molar-refractivity contribution in [1.29, 1.82) is 0 Å². The molecule has 1 rings (SSSR count). The van der Waals surface area contributed by atoms with Crippen LogP contribution in [0.5, 0.6) is 0 Å². The minimum atomic E-state index is -1.68. The average molecular weight is 132 g/mol. The molecule has 1 fully saturated rings. The quantitative estimate of drug-likeness (QED) is 0.444. The molecule has 0 aromatic carbocycles. The van der Waals surface area contributed by atoms with E-state index in [0.717, 1.165) is 25.4 Å². The van der Waals surface area contributed by atoms with Crippen molar-refractivity contribution in [3.8, 4) is 0 Å². The van der Waals surface area contributed by atoms with E-state index in [2.05, 4.69) is 5.32 Å². The van der Waals surface area contributed by atoms with Crippen molar-refractivity contribution in [1.82, 2.24) is 5.32 Å². The van der Waals surface area contributed by atoms with E-state index in [1.165, 1.54) is 0 Å². The minimum absolute atomic E-state index is 0.827. The van der Waals surface area contributed by atoms with Crippen LogP contribution < -0.4 is 5.32 Å². The Morgan fingerprint density at radius 3 is 2.12 bits per heavy atom. The highest BCUT2D eigenvalue weighted by molar-refractivity contribution is 7.63. The molecule has 0 aromatic heterocycles. The standard InChI is InChI=1S/C5H11NOP/c1-8(7)4-2-6-3-5-8/h2-5H2,1H3. The van der Waals surface area contributed by atoms with Gasteiger partial charge in [0.2, 0.25) is 0 Å². The van der Waals surface area contributed by atoms with E-state index >= 15 is 0 Å². The molecule has 0 N–H and O–H groups in total. The Bertz CT molecular complexity index is 114. The number of hydrogen-bond donors (Lipinski definition) is 0. The summed E-state index contributed by atoms with van der Waals surface area (Å²) >= 11 is 0. The fourth-order valence-electron chi connectivity index (χ4n) is 0.788. The lowest BCUT2D eigenvalue weighted by Crippen LogP contribution is -2.22. The Balaban J connectivity index is 2.45. The predicted octanol–water partition coefficient (Wildman–Crippen LogP) is 0.597. The molecule has 0 aliphatic carbocycles. The summed E-state index contributed by atoms with van der Waals surface area (Å²) < 4.78 is 11.2. The van der Waals surface area contributed by atoms with Crippen molar-refractivity contribution in [2.45, 2.75) is 0 Å². The summed E-state index contributed by atoms with van der Waals surface area (Å²) in [5.41, 5.74) is 0. The Hall–Kier alpha value is 0.190. The van der Waals surface area contributed by atoms with Crippen molar-refractivity contribution in [2.24, 2.45) is 0 Å². The van der Waals surface area contributed by atoms with Gasteiger partial charge in [-0.05, 0) is 6.66 Å². The first-order chi connectivity index (χ1) is 3.71. The highest BCUT2D eigenvalue weighted by Gasteiger charge is 2.18. The molecule has 1 aliphatic heterocycles. The van der Waals surface area contributed by atoms with E-state index in [4.69, 9.17) is 0 Å².